The third kappa shape index (κ3) is 2.58. The quantitative estimate of drug-likeness (QED) is 0.882. The first kappa shape index (κ1) is 13.9. The Morgan fingerprint density at radius 1 is 1.32 bits per heavy atom. The molecule has 6 nitrogen and oxygen atoms in total. The SMILES string of the molecule is CNc1ncnc(N2CCN(C)C(C)(C)C2)c1OC. The highest BCUT2D eigenvalue weighted by molar-refractivity contribution is 5.64. The molecule has 0 aliphatic carbocycles. The average Bonchev–Trinajstić information content (AvgIpc) is 2.40. The number of ether oxygens (including phenoxy) is 1. The number of nitrogens with one attached hydrogen (secondary N) is 1. The molecular weight excluding hydrogens is 242 g/mol. The molecule has 0 radical (unpaired) electrons. The molecular formula is C13H23N5O. The van der Waals surface area contributed by atoms with E-state index in [-0.39, 0.29) is 5.54 Å². The molecule has 1 aliphatic rings. The molecule has 1 aromatic heterocycles. The number of aromatic nitrogens is 2. The second kappa shape index (κ2) is 5.21. The number of hydrogen-bond donors (Lipinski definition) is 1. The minimum atomic E-state index is 0.119. The number of rotatable bonds is 3. The standard InChI is InChI=1S/C13H23N5O/c1-13(2)8-18(7-6-17(13)4)12-10(19-5)11(14-3)15-9-16-12/h9H,6-8H2,1-5H3,(H,14,15,16). The minimum absolute atomic E-state index is 0.119. The molecule has 0 bridgehead atoms. The van der Waals surface area contributed by atoms with Gasteiger partial charge < -0.3 is 15.0 Å². The Morgan fingerprint density at radius 2 is 2.05 bits per heavy atom. The maximum Gasteiger partial charge on any atom is 0.204 e. The molecule has 0 amide bonds. The first-order valence-corrected chi connectivity index (χ1v) is 6.52. The zero-order valence-electron chi connectivity index (χ0n) is 12.4. The van der Waals surface area contributed by atoms with Crippen LogP contribution in [0.4, 0.5) is 11.6 Å². The van der Waals surface area contributed by atoms with E-state index >= 15 is 0 Å². The number of methoxy groups -OCH3 is 1. The van der Waals surface area contributed by atoms with Gasteiger partial charge in [-0.25, -0.2) is 9.97 Å². The van der Waals surface area contributed by atoms with Gasteiger partial charge in [0, 0.05) is 32.2 Å². The molecule has 19 heavy (non-hydrogen) atoms. The summed E-state index contributed by atoms with van der Waals surface area (Å²) in [5, 5.41) is 3.04. The summed E-state index contributed by atoms with van der Waals surface area (Å²) in [4.78, 5) is 13.2. The van der Waals surface area contributed by atoms with E-state index in [0.29, 0.717) is 5.75 Å². The summed E-state index contributed by atoms with van der Waals surface area (Å²) in [6.45, 7) is 7.35. The first-order chi connectivity index (χ1) is 8.99. The molecule has 2 heterocycles. The van der Waals surface area contributed by atoms with Crippen molar-refractivity contribution >= 4 is 11.6 Å². The fourth-order valence-corrected chi connectivity index (χ4v) is 2.38. The third-order valence-corrected chi connectivity index (χ3v) is 3.84. The minimum Gasteiger partial charge on any atom is -0.490 e. The van der Waals surface area contributed by atoms with Gasteiger partial charge >= 0.3 is 0 Å². The van der Waals surface area contributed by atoms with Crippen LogP contribution in [-0.2, 0) is 0 Å². The maximum atomic E-state index is 5.47. The van der Waals surface area contributed by atoms with Crippen LogP contribution in [0.3, 0.4) is 0 Å². The number of piperazine rings is 1. The molecule has 6 heteroatoms. The molecule has 0 aromatic carbocycles. The lowest BCUT2D eigenvalue weighted by Crippen LogP contribution is -2.58. The Kier molecular flexibility index (Phi) is 3.80. The Bertz CT molecular complexity index is 449. The van der Waals surface area contributed by atoms with Crippen LogP contribution in [0.15, 0.2) is 6.33 Å². The van der Waals surface area contributed by atoms with Crippen LogP contribution in [-0.4, -0.2) is 61.2 Å². The van der Waals surface area contributed by atoms with Crippen molar-refractivity contribution in [2.45, 2.75) is 19.4 Å². The highest BCUT2D eigenvalue weighted by Crippen LogP contribution is 2.34. The highest BCUT2D eigenvalue weighted by Gasteiger charge is 2.33. The number of nitrogens with zero attached hydrogens (tertiary/aromatic N) is 4. The summed E-state index contributed by atoms with van der Waals surface area (Å²) in [5.74, 6) is 2.30. The summed E-state index contributed by atoms with van der Waals surface area (Å²) in [7, 11) is 5.65. The Balaban J connectivity index is 2.32. The second-order valence-electron chi connectivity index (χ2n) is 5.48. The van der Waals surface area contributed by atoms with Crippen molar-refractivity contribution in [1.29, 1.82) is 0 Å². The van der Waals surface area contributed by atoms with E-state index in [1.807, 2.05) is 7.05 Å². The fourth-order valence-electron chi connectivity index (χ4n) is 2.38. The number of anilines is 2. The van der Waals surface area contributed by atoms with E-state index in [2.05, 4.69) is 46.0 Å². The Morgan fingerprint density at radius 3 is 2.63 bits per heavy atom. The zero-order valence-corrected chi connectivity index (χ0v) is 12.4. The average molecular weight is 265 g/mol. The van der Waals surface area contributed by atoms with E-state index in [0.717, 1.165) is 31.3 Å². The van der Waals surface area contributed by atoms with Crippen LogP contribution in [0.1, 0.15) is 13.8 Å². The van der Waals surface area contributed by atoms with Crippen LogP contribution < -0.4 is 15.0 Å². The molecule has 0 saturated carbocycles. The molecule has 1 saturated heterocycles. The summed E-state index contributed by atoms with van der Waals surface area (Å²) in [6, 6.07) is 0. The number of likely N-dealkylation sites (N-methyl/N-ethyl adjacent to an activating group) is 1. The molecule has 106 valence electrons. The van der Waals surface area contributed by atoms with Crippen LogP contribution in [0.5, 0.6) is 5.75 Å². The van der Waals surface area contributed by atoms with Crippen LogP contribution >= 0.6 is 0 Å². The molecule has 1 fully saturated rings. The lowest BCUT2D eigenvalue weighted by molar-refractivity contribution is 0.138. The van der Waals surface area contributed by atoms with Gasteiger partial charge in [0.05, 0.1) is 7.11 Å². The number of hydrogen-bond acceptors (Lipinski definition) is 6. The molecule has 0 atom stereocenters. The largest absolute Gasteiger partial charge is 0.490 e. The van der Waals surface area contributed by atoms with Crippen molar-refractivity contribution in [1.82, 2.24) is 14.9 Å². The highest BCUT2D eigenvalue weighted by atomic mass is 16.5. The fraction of sp³-hybridized carbons (Fsp3) is 0.692. The van der Waals surface area contributed by atoms with Crippen LogP contribution in [0.2, 0.25) is 0 Å². The van der Waals surface area contributed by atoms with Crippen molar-refractivity contribution in [3.63, 3.8) is 0 Å². The molecule has 2 rings (SSSR count). The topological polar surface area (TPSA) is 53.5 Å². The van der Waals surface area contributed by atoms with Gasteiger partial charge in [-0.2, -0.15) is 0 Å². The lowest BCUT2D eigenvalue weighted by Gasteiger charge is -2.45. The van der Waals surface area contributed by atoms with Gasteiger partial charge in [-0.05, 0) is 20.9 Å². The van der Waals surface area contributed by atoms with Crippen molar-refractivity contribution < 1.29 is 4.74 Å². The monoisotopic (exact) mass is 265 g/mol. The van der Waals surface area contributed by atoms with E-state index in [4.69, 9.17) is 4.74 Å². The van der Waals surface area contributed by atoms with Crippen molar-refractivity contribution in [3.05, 3.63) is 6.33 Å². The van der Waals surface area contributed by atoms with E-state index in [1.165, 1.54) is 0 Å². The smallest absolute Gasteiger partial charge is 0.204 e. The molecule has 1 N–H and O–H groups in total. The second-order valence-corrected chi connectivity index (χ2v) is 5.48. The van der Waals surface area contributed by atoms with Crippen molar-refractivity contribution in [3.8, 4) is 5.75 Å². The Labute approximate surface area is 114 Å². The normalized spacial score (nSPS) is 19.3. The molecule has 0 unspecified atom stereocenters. The maximum absolute atomic E-state index is 5.47. The predicted molar refractivity (Wildman–Crippen MR) is 77.1 cm³/mol. The summed E-state index contributed by atoms with van der Waals surface area (Å²) >= 11 is 0. The van der Waals surface area contributed by atoms with Crippen LogP contribution in [0.25, 0.3) is 0 Å². The van der Waals surface area contributed by atoms with Gasteiger partial charge in [0.15, 0.2) is 11.6 Å². The van der Waals surface area contributed by atoms with Gasteiger partial charge in [-0.3, -0.25) is 4.90 Å². The van der Waals surface area contributed by atoms with Gasteiger partial charge in [0.25, 0.3) is 0 Å². The van der Waals surface area contributed by atoms with Gasteiger partial charge in [-0.15, -0.1) is 0 Å². The van der Waals surface area contributed by atoms with Gasteiger partial charge in [0.2, 0.25) is 5.75 Å². The summed E-state index contributed by atoms with van der Waals surface area (Å²) < 4.78 is 5.47. The van der Waals surface area contributed by atoms with E-state index in [1.54, 1.807) is 13.4 Å². The van der Waals surface area contributed by atoms with Crippen molar-refractivity contribution in [2.24, 2.45) is 0 Å². The van der Waals surface area contributed by atoms with E-state index < -0.39 is 0 Å². The Hall–Kier alpha value is -1.56. The zero-order chi connectivity index (χ0) is 14.0. The first-order valence-electron chi connectivity index (χ1n) is 6.52. The summed E-state index contributed by atoms with van der Waals surface area (Å²) in [5.41, 5.74) is 0.119. The van der Waals surface area contributed by atoms with Gasteiger partial charge in [-0.1, -0.05) is 0 Å². The molecule has 1 aromatic rings. The van der Waals surface area contributed by atoms with Crippen LogP contribution in [0, 0.1) is 0 Å². The molecule has 1 aliphatic heterocycles. The third-order valence-electron chi connectivity index (χ3n) is 3.84. The van der Waals surface area contributed by atoms with Crippen molar-refractivity contribution in [2.75, 3.05) is 51.1 Å². The lowest BCUT2D eigenvalue weighted by atomic mass is 10.00. The molecule has 0 spiro atoms. The predicted octanol–water partition coefficient (Wildman–Crippen LogP) is 1.06. The van der Waals surface area contributed by atoms with Gasteiger partial charge in [0.1, 0.15) is 6.33 Å². The summed E-state index contributed by atoms with van der Waals surface area (Å²) in [6.07, 6.45) is 1.58. The van der Waals surface area contributed by atoms with E-state index in [9.17, 15) is 0 Å².